The van der Waals surface area contributed by atoms with Crippen LogP contribution in [0.25, 0.3) is 0 Å². The van der Waals surface area contributed by atoms with Crippen LogP contribution in [0.1, 0.15) is 43.0 Å². The first kappa shape index (κ1) is 12.5. The lowest BCUT2D eigenvalue weighted by Crippen LogP contribution is -2.23. The molecule has 1 aromatic heterocycles. The Morgan fingerprint density at radius 3 is 2.68 bits per heavy atom. The highest BCUT2D eigenvalue weighted by Gasteiger charge is 2.26. The largest absolute Gasteiger partial charge is 0.357 e. The van der Waals surface area contributed by atoms with Gasteiger partial charge in [-0.1, -0.05) is 6.07 Å². The Bertz CT molecular complexity index is 468. The van der Waals surface area contributed by atoms with Gasteiger partial charge in [-0.2, -0.15) is 0 Å². The molecule has 0 radical (unpaired) electrons. The molecular formula is C15H21N3O. The third-order valence-electron chi connectivity index (χ3n) is 4.33. The van der Waals surface area contributed by atoms with Crippen molar-refractivity contribution in [1.82, 2.24) is 9.88 Å². The molecule has 4 nitrogen and oxygen atoms in total. The van der Waals surface area contributed by atoms with Crippen LogP contribution in [0.4, 0.5) is 5.82 Å². The van der Waals surface area contributed by atoms with E-state index in [1.54, 1.807) is 0 Å². The van der Waals surface area contributed by atoms with Gasteiger partial charge in [-0.05, 0) is 44.2 Å². The molecule has 102 valence electrons. The number of aryl methyl sites for hydroxylation is 1. The average molecular weight is 259 g/mol. The molecule has 0 aliphatic carbocycles. The molecule has 1 atom stereocenters. The molecule has 2 fully saturated rings. The van der Waals surface area contributed by atoms with Gasteiger partial charge in [-0.3, -0.25) is 4.79 Å². The molecule has 4 heteroatoms. The van der Waals surface area contributed by atoms with Crippen molar-refractivity contribution in [2.75, 3.05) is 24.5 Å². The standard InChI is InChI=1S/C15H21N3O/c1-12-13(14-5-4-10-18(14)11-19)6-7-15(16-12)17-8-2-3-9-17/h6-7,11,14H,2-5,8-10H2,1H3/t14-/m1/s1. The minimum atomic E-state index is 0.234. The first-order valence-corrected chi connectivity index (χ1v) is 7.23. The van der Waals surface area contributed by atoms with Crippen LogP contribution in [0.2, 0.25) is 0 Å². The van der Waals surface area contributed by atoms with Gasteiger partial charge >= 0.3 is 0 Å². The molecule has 0 spiro atoms. The topological polar surface area (TPSA) is 36.4 Å². The van der Waals surface area contributed by atoms with Gasteiger partial charge in [0.05, 0.1) is 6.04 Å². The molecule has 3 rings (SSSR count). The number of hydrogen-bond acceptors (Lipinski definition) is 3. The Balaban J connectivity index is 1.84. The van der Waals surface area contributed by atoms with E-state index in [4.69, 9.17) is 4.98 Å². The number of hydrogen-bond donors (Lipinski definition) is 0. The van der Waals surface area contributed by atoms with Gasteiger partial charge in [0.25, 0.3) is 0 Å². The molecule has 0 N–H and O–H groups in total. The number of aromatic nitrogens is 1. The summed E-state index contributed by atoms with van der Waals surface area (Å²) in [6, 6.07) is 4.52. The van der Waals surface area contributed by atoms with Crippen molar-refractivity contribution in [1.29, 1.82) is 0 Å². The number of rotatable bonds is 3. The lowest BCUT2D eigenvalue weighted by atomic mass is 10.0. The van der Waals surface area contributed by atoms with Crippen LogP contribution in [0.5, 0.6) is 0 Å². The number of carbonyl (C=O) groups is 1. The van der Waals surface area contributed by atoms with Gasteiger partial charge in [0.1, 0.15) is 5.82 Å². The zero-order valence-electron chi connectivity index (χ0n) is 11.5. The maximum Gasteiger partial charge on any atom is 0.210 e. The normalized spacial score (nSPS) is 23.1. The summed E-state index contributed by atoms with van der Waals surface area (Å²) < 4.78 is 0. The first-order valence-electron chi connectivity index (χ1n) is 7.23. The molecule has 2 saturated heterocycles. The molecule has 0 aromatic carbocycles. The predicted molar refractivity (Wildman–Crippen MR) is 75.2 cm³/mol. The lowest BCUT2D eigenvalue weighted by Gasteiger charge is -2.23. The monoisotopic (exact) mass is 259 g/mol. The van der Waals surface area contributed by atoms with Gasteiger partial charge in [0.15, 0.2) is 0 Å². The lowest BCUT2D eigenvalue weighted by molar-refractivity contribution is -0.118. The van der Waals surface area contributed by atoms with Crippen LogP contribution in [-0.2, 0) is 4.79 Å². The number of amides is 1. The van der Waals surface area contributed by atoms with E-state index in [1.165, 1.54) is 18.4 Å². The number of pyridine rings is 1. The summed E-state index contributed by atoms with van der Waals surface area (Å²) in [7, 11) is 0. The quantitative estimate of drug-likeness (QED) is 0.781. The van der Waals surface area contributed by atoms with E-state index in [1.807, 2.05) is 4.90 Å². The zero-order chi connectivity index (χ0) is 13.2. The van der Waals surface area contributed by atoms with Gasteiger partial charge in [0, 0.05) is 25.3 Å². The molecule has 0 unspecified atom stereocenters. The second-order valence-corrected chi connectivity index (χ2v) is 5.54. The smallest absolute Gasteiger partial charge is 0.210 e. The number of likely N-dealkylation sites (tertiary alicyclic amines) is 1. The first-order chi connectivity index (χ1) is 9.29. The molecule has 2 aliphatic heterocycles. The Morgan fingerprint density at radius 2 is 2.00 bits per heavy atom. The molecular weight excluding hydrogens is 238 g/mol. The fourth-order valence-electron chi connectivity index (χ4n) is 3.28. The van der Waals surface area contributed by atoms with Crippen LogP contribution in [0.3, 0.4) is 0 Å². The minimum Gasteiger partial charge on any atom is -0.357 e. The predicted octanol–water partition coefficient (Wildman–Crippen LogP) is 2.28. The van der Waals surface area contributed by atoms with Crippen molar-refractivity contribution in [3.05, 3.63) is 23.4 Å². The highest BCUT2D eigenvalue weighted by atomic mass is 16.1. The van der Waals surface area contributed by atoms with E-state index in [0.29, 0.717) is 0 Å². The molecule has 1 amide bonds. The fraction of sp³-hybridized carbons (Fsp3) is 0.600. The van der Waals surface area contributed by atoms with Crippen LogP contribution < -0.4 is 4.90 Å². The van der Waals surface area contributed by atoms with Crippen molar-refractivity contribution in [3.63, 3.8) is 0 Å². The van der Waals surface area contributed by atoms with Crippen molar-refractivity contribution < 1.29 is 4.79 Å². The van der Waals surface area contributed by atoms with Crippen molar-refractivity contribution in [3.8, 4) is 0 Å². The summed E-state index contributed by atoms with van der Waals surface area (Å²) >= 11 is 0. The van der Waals surface area contributed by atoms with Gasteiger partial charge in [-0.15, -0.1) is 0 Å². The summed E-state index contributed by atoms with van der Waals surface area (Å²) in [4.78, 5) is 20.1. The maximum absolute atomic E-state index is 11.1. The Morgan fingerprint density at radius 1 is 1.21 bits per heavy atom. The zero-order valence-corrected chi connectivity index (χ0v) is 11.5. The van der Waals surface area contributed by atoms with Gasteiger partial charge < -0.3 is 9.80 Å². The van der Waals surface area contributed by atoms with Crippen LogP contribution in [0, 0.1) is 6.92 Å². The van der Waals surface area contributed by atoms with Crippen LogP contribution >= 0.6 is 0 Å². The van der Waals surface area contributed by atoms with E-state index in [0.717, 1.165) is 50.4 Å². The molecule has 3 heterocycles. The van der Waals surface area contributed by atoms with E-state index in [9.17, 15) is 4.79 Å². The summed E-state index contributed by atoms with van der Waals surface area (Å²) in [6.07, 6.45) is 5.67. The number of anilines is 1. The van der Waals surface area contributed by atoms with Crippen molar-refractivity contribution in [2.24, 2.45) is 0 Å². The molecule has 1 aromatic rings. The fourth-order valence-corrected chi connectivity index (χ4v) is 3.28. The molecule has 0 saturated carbocycles. The molecule has 2 aliphatic rings. The average Bonchev–Trinajstić information content (AvgIpc) is 3.09. The molecule has 0 bridgehead atoms. The van der Waals surface area contributed by atoms with Crippen LogP contribution in [-0.4, -0.2) is 35.9 Å². The van der Waals surface area contributed by atoms with Crippen molar-refractivity contribution >= 4 is 12.2 Å². The van der Waals surface area contributed by atoms with E-state index in [-0.39, 0.29) is 6.04 Å². The second kappa shape index (κ2) is 5.19. The summed E-state index contributed by atoms with van der Waals surface area (Å²) in [5, 5.41) is 0. The highest BCUT2D eigenvalue weighted by molar-refractivity contribution is 5.51. The third kappa shape index (κ3) is 2.31. The van der Waals surface area contributed by atoms with E-state index >= 15 is 0 Å². The summed E-state index contributed by atoms with van der Waals surface area (Å²) in [5.74, 6) is 1.09. The number of carbonyl (C=O) groups excluding carboxylic acids is 1. The molecule has 19 heavy (non-hydrogen) atoms. The minimum absolute atomic E-state index is 0.234. The Labute approximate surface area is 114 Å². The summed E-state index contributed by atoms with van der Waals surface area (Å²) in [6.45, 7) is 5.18. The van der Waals surface area contributed by atoms with E-state index in [2.05, 4.69) is 24.0 Å². The summed E-state index contributed by atoms with van der Waals surface area (Å²) in [5.41, 5.74) is 2.29. The van der Waals surface area contributed by atoms with Crippen LogP contribution in [0.15, 0.2) is 12.1 Å². The van der Waals surface area contributed by atoms with Crippen molar-refractivity contribution in [2.45, 2.75) is 38.6 Å². The van der Waals surface area contributed by atoms with Gasteiger partial charge in [-0.25, -0.2) is 4.98 Å². The van der Waals surface area contributed by atoms with E-state index < -0.39 is 0 Å². The third-order valence-corrected chi connectivity index (χ3v) is 4.33. The van der Waals surface area contributed by atoms with Gasteiger partial charge in [0.2, 0.25) is 6.41 Å². The highest BCUT2D eigenvalue weighted by Crippen LogP contribution is 2.33. The number of nitrogens with zero attached hydrogens (tertiary/aromatic N) is 3. The maximum atomic E-state index is 11.1. The Hall–Kier alpha value is -1.58. The Kier molecular flexibility index (Phi) is 3.40. The second-order valence-electron chi connectivity index (χ2n) is 5.54. The SMILES string of the molecule is Cc1nc(N2CCCC2)ccc1[C@H]1CCCN1C=O.